The number of amides is 2. The molecular formula is C17H19ClN2O2. The van der Waals surface area contributed by atoms with Gasteiger partial charge in [0.2, 0.25) is 0 Å². The van der Waals surface area contributed by atoms with E-state index in [1.165, 1.54) is 5.56 Å². The number of hydrogen-bond donors (Lipinski definition) is 2. The van der Waals surface area contributed by atoms with Crippen molar-refractivity contribution in [2.24, 2.45) is 0 Å². The Bertz CT molecular complexity index is 659. The highest BCUT2D eigenvalue weighted by Crippen LogP contribution is 2.16. The summed E-state index contributed by atoms with van der Waals surface area (Å²) in [5.41, 5.74) is 3.11. The molecule has 22 heavy (non-hydrogen) atoms. The Morgan fingerprint density at radius 1 is 1.14 bits per heavy atom. The average Bonchev–Trinajstić information content (AvgIpc) is 2.48. The predicted octanol–water partition coefficient (Wildman–Crippen LogP) is 4.16. The Morgan fingerprint density at radius 2 is 1.95 bits per heavy atom. The van der Waals surface area contributed by atoms with Crippen LogP contribution in [-0.4, -0.2) is 19.2 Å². The summed E-state index contributed by atoms with van der Waals surface area (Å²) in [6.45, 7) is 4.83. The van der Waals surface area contributed by atoms with Crippen molar-refractivity contribution in [1.82, 2.24) is 5.32 Å². The van der Waals surface area contributed by atoms with Gasteiger partial charge in [-0.25, -0.2) is 4.79 Å². The molecule has 4 nitrogen and oxygen atoms in total. The minimum Gasteiger partial charge on any atom is -0.492 e. The third-order valence-electron chi connectivity index (χ3n) is 3.22. The monoisotopic (exact) mass is 318 g/mol. The minimum absolute atomic E-state index is 0.252. The van der Waals surface area contributed by atoms with Gasteiger partial charge in [0.05, 0.1) is 6.54 Å². The molecule has 0 fully saturated rings. The Morgan fingerprint density at radius 3 is 2.68 bits per heavy atom. The standard InChI is InChI=1S/C17H19ClN2O2/c1-12-6-7-15(10-13(12)2)20-17(21)19-8-9-22-16-5-3-4-14(18)11-16/h3-7,10-11H,8-9H2,1-2H3,(H2,19,20,21). The van der Waals surface area contributed by atoms with Crippen LogP contribution < -0.4 is 15.4 Å². The molecule has 0 saturated carbocycles. The molecule has 0 spiro atoms. The second kappa shape index (κ2) is 7.71. The van der Waals surface area contributed by atoms with Crippen LogP contribution in [0.25, 0.3) is 0 Å². The van der Waals surface area contributed by atoms with Crippen LogP contribution in [0.4, 0.5) is 10.5 Å². The van der Waals surface area contributed by atoms with Crippen LogP contribution in [0.2, 0.25) is 5.02 Å². The predicted molar refractivity (Wildman–Crippen MR) is 89.9 cm³/mol. The van der Waals surface area contributed by atoms with Crippen LogP contribution in [-0.2, 0) is 0 Å². The normalized spacial score (nSPS) is 10.1. The lowest BCUT2D eigenvalue weighted by Crippen LogP contribution is -2.32. The van der Waals surface area contributed by atoms with Crippen LogP contribution in [0.15, 0.2) is 42.5 Å². The van der Waals surface area contributed by atoms with E-state index in [2.05, 4.69) is 10.6 Å². The third-order valence-corrected chi connectivity index (χ3v) is 3.45. The molecule has 2 aromatic rings. The number of rotatable bonds is 5. The molecule has 0 aromatic heterocycles. The Kier molecular flexibility index (Phi) is 5.67. The number of ether oxygens (including phenoxy) is 1. The van der Waals surface area contributed by atoms with E-state index in [0.29, 0.717) is 23.9 Å². The molecule has 0 heterocycles. The van der Waals surface area contributed by atoms with Gasteiger partial charge in [0.15, 0.2) is 0 Å². The second-order valence-electron chi connectivity index (χ2n) is 4.99. The van der Waals surface area contributed by atoms with Gasteiger partial charge in [0.1, 0.15) is 12.4 Å². The fourth-order valence-electron chi connectivity index (χ4n) is 1.88. The van der Waals surface area contributed by atoms with E-state index in [4.69, 9.17) is 16.3 Å². The van der Waals surface area contributed by atoms with E-state index in [9.17, 15) is 4.79 Å². The number of aryl methyl sites for hydroxylation is 2. The molecule has 0 aliphatic rings. The number of carbonyl (C=O) groups is 1. The summed E-state index contributed by atoms with van der Waals surface area (Å²) in [6.07, 6.45) is 0. The maximum atomic E-state index is 11.8. The maximum absolute atomic E-state index is 11.8. The number of hydrogen-bond acceptors (Lipinski definition) is 2. The summed E-state index contributed by atoms with van der Waals surface area (Å²) >= 11 is 5.86. The van der Waals surface area contributed by atoms with Crippen molar-refractivity contribution in [3.8, 4) is 5.75 Å². The van der Waals surface area contributed by atoms with Crippen LogP contribution in [0.3, 0.4) is 0 Å². The molecule has 2 N–H and O–H groups in total. The van der Waals surface area contributed by atoms with Crippen molar-refractivity contribution in [3.05, 3.63) is 58.6 Å². The van der Waals surface area contributed by atoms with Gasteiger partial charge >= 0.3 is 6.03 Å². The minimum atomic E-state index is -0.252. The fraction of sp³-hybridized carbons (Fsp3) is 0.235. The topological polar surface area (TPSA) is 50.4 Å². The lowest BCUT2D eigenvalue weighted by molar-refractivity contribution is 0.247. The first-order valence-electron chi connectivity index (χ1n) is 7.05. The van der Waals surface area contributed by atoms with Gasteiger partial charge in [-0.05, 0) is 55.3 Å². The molecule has 2 rings (SSSR count). The van der Waals surface area contributed by atoms with E-state index in [-0.39, 0.29) is 6.03 Å². The molecule has 0 saturated heterocycles. The van der Waals surface area contributed by atoms with Crippen molar-refractivity contribution < 1.29 is 9.53 Å². The third kappa shape index (κ3) is 4.97. The molecule has 0 bridgehead atoms. The second-order valence-corrected chi connectivity index (χ2v) is 5.42. The first-order valence-corrected chi connectivity index (χ1v) is 7.43. The number of benzene rings is 2. The largest absolute Gasteiger partial charge is 0.492 e. The highest BCUT2D eigenvalue weighted by Gasteiger charge is 2.02. The zero-order chi connectivity index (χ0) is 15.9. The molecule has 116 valence electrons. The first-order chi connectivity index (χ1) is 10.5. The maximum Gasteiger partial charge on any atom is 0.319 e. The Hall–Kier alpha value is -2.20. The number of nitrogens with one attached hydrogen (secondary N) is 2. The SMILES string of the molecule is Cc1ccc(NC(=O)NCCOc2cccc(Cl)c2)cc1C. The van der Waals surface area contributed by atoms with Gasteiger partial charge in [0.25, 0.3) is 0 Å². The summed E-state index contributed by atoms with van der Waals surface area (Å²) in [4.78, 5) is 11.8. The Labute approximate surface area is 135 Å². The zero-order valence-corrected chi connectivity index (χ0v) is 13.4. The van der Waals surface area contributed by atoms with Crippen molar-refractivity contribution >= 4 is 23.3 Å². The average molecular weight is 319 g/mol. The number of carbonyl (C=O) groups excluding carboxylic acids is 1. The van der Waals surface area contributed by atoms with Gasteiger partial charge in [-0.2, -0.15) is 0 Å². The van der Waals surface area contributed by atoms with Gasteiger partial charge in [-0.3, -0.25) is 0 Å². The molecule has 0 atom stereocenters. The highest BCUT2D eigenvalue weighted by atomic mass is 35.5. The smallest absolute Gasteiger partial charge is 0.319 e. The lowest BCUT2D eigenvalue weighted by Gasteiger charge is -2.10. The van der Waals surface area contributed by atoms with Gasteiger partial charge < -0.3 is 15.4 Å². The quantitative estimate of drug-likeness (QED) is 0.813. The summed E-state index contributed by atoms with van der Waals surface area (Å²) in [7, 11) is 0. The molecule has 2 aromatic carbocycles. The van der Waals surface area contributed by atoms with E-state index < -0.39 is 0 Å². The van der Waals surface area contributed by atoms with E-state index in [1.807, 2.05) is 44.2 Å². The lowest BCUT2D eigenvalue weighted by atomic mass is 10.1. The van der Waals surface area contributed by atoms with Crippen LogP contribution >= 0.6 is 11.6 Å². The van der Waals surface area contributed by atoms with Crippen molar-refractivity contribution in [3.63, 3.8) is 0 Å². The molecular weight excluding hydrogens is 300 g/mol. The Balaban J connectivity index is 1.72. The van der Waals surface area contributed by atoms with Gasteiger partial charge in [0, 0.05) is 10.7 Å². The number of halogens is 1. The first kappa shape index (κ1) is 16.2. The van der Waals surface area contributed by atoms with Gasteiger partial charge in [-0.1, -0.05) is 23.7 Å². The summed E-state index contributed by atoms with van der Waals surface area (Å²) in [6, 6.07) is 12.7. The summed E-state index contributed by atoms with van der Waals surface area (Å²) in [5, 5.41) is 6.16. The molecule has 2 amide bonds. The molecule has 0 aliphatic heterocycles. The fourth-order valence-corrected chi connectivity index (χ4v) is 2.06. The number of anilines is 1. The number of urea groups is 1. The molecule has 0 aliphatic carbocycles. The van der Waals surface area contributed by atoms with E-state index >= 15 is 0 Å². The van der Waals surface area contributed by atoms with Crippen LogP contribution in [0.5, 0.6) is 5.75 Å². The summed E-state index contributed by atoms with van der Waals surface area (Å²) < 4.78 is 5.50. The molecule has 0 radical (unpaired) electrons. The van der Waals surface area contributed by atoms with Crippen molar-refractivity contribution in [2.45, 2.75) is 13.8 Å². The summed E-state index contributed by atoms with van der Waals surface area (Å²) in [5.74, 6) is 0.684. The van der Waals surface area contributed by atoms with Crippen LogP contribution in [0, 0.1) is 13.8 Å². The van der Waals surface area contributed by atoms with E-state index in [0.717, 1.165) is 11.3 Å². The van der Waals surface area contributed by atoms with Crippen molar-refractivity contribution in [2.75, 3.05) is 18.5 Å². The van der Waals surface area contributed by atoms with Crippen LogP contribution in [0.1, 0.15) is 11.1 Å². The van der Waals surface area contributed by atoms with Gasteiger partial charge in [-0.15, -0.1) is 0 Å². The highest BCUT2D eigenvalue weighted by molar-refractivity contribution is 6.30. The molecule has 5 heteroatoms. The van der Waals surface area contributed by atoms with Crippen molar-refractivity contribution in [1.29, 1.82) is 0 Å². The van der Waals surface area contributed by atoms with E-state index in [1.54, 1.807) is 12.1 Å². The molecule has 0 unspecified atom stereocenters. The zero-order valence-electron chi connectivity index (χ0n) is 12.7.